The number of nitrogens with two attached hydrogens (primary N) is 1. The minimum atomic E-state index is -0.597. The topological polar surface area (TPSA) is 102 Å². The van der Waals surface area contributed by atoms with E-state index in [1.807, 2.05) is 0 Å². The molecule has 0 spiro atoms. The van der Waals surface area contributed by atoms with Crippen LogP contribution in [-0.2, 0) is 0 Å². The monoisotopic (exact) mass is 236 g/mol. The zero-order chi connectivity index (χ0) is 12.6. The molecule has 0 saturated heterocycles. The first-order valence-electron chi connectivity index (χ1n) is 5.17. The molecule has 7 nitrogen and oxygen atoms in total. The Bertz CT molecular complexity index is 484. The van der Waals surface area contributed by atoms with E-state index in [1.165, 1.54) is 6.07 Å². The van der Waals surface area contributed by atoms with E-state index in [9.17, 15) is 14.9 Å². The minimum Gasteiger partial charge on any atom is -0.383 e. The SMILES string of the molecule is CN(C(=O)c1cc([N+](=O)[O-])cnc1N)C1CC1. The summed E-state index contributed by atoms with van der Waals surface area (Å²) >= 11 is 0. The maximum absolute atomic E-state index is 12.0. The molecular formula is C10H12N4O3. The number of nitrogen functional groups attached to an aromatic ring is 1. The van der Waals surface area contributed by atoms with Crippen LogP contribution < -0.4 is 5.73 Å². The Morgan fingerprint density at radius 3 is 2.82 bits per heavy atom. The lowest BCUT2D eigenvalue weighted by molar-refractivity contribution is -0.385. The van der Waals surface area contributed by atoms with Crippen molar-refractivity contribution in [3.8, 4) is 0 Å². The second-order valence-electron chi connectivity index (χ2n) is 4.03. The molecule has 90 valence electrons. The predicted octanol–water partition coefficient (Wildman–Crippen LogP) is 0.806. The van der Waals surface area contributed by atoms with Crippen molar-refractivity contribution in [2.75, 3.05) is 12.8 Å². The van der Waals surface area contributed by atoms with Gasteiger partial charge in [-0.3, -0.25) is 14.9 Å². The van der Waals surface area contributed by atoms with Gasteiger partial charge in [-0.15, -0.1) is 0 Å². The highest BCUT2D eigenvalue weighted by Crippen LogP contribution is 2.28. The van der Waals surface area contributed by atoms with Crippen molar-refractivity contribution in [1.29, 1.82) is 0 Å². The van der Waals surface area contributed by atoms with Gasteiger partial charge >= 0.3 is 0 Å². The van der Waals surface area contributed by atoms with E-state index in [-0.39, 0.29) is 29.0 Å². The molecule has 2 rings (SSSR count). The number of hydrogen-bond acceptors (Lipinski definition) is 5. The highest BCUT2D eigenvalue weighted by molar-refractivity contribution is 5.99. The molecule has 1 aromatic heterocycles. The van der Waals surface area contributed by atoms with E-state index in [2.05, 4.69) is 4.98 Å². The molecule has 0 radical (unpaired) electrons. The fourth-order valence-corrected chi connectivity index (χ4v) is 1.55. The molecule has 1 amide bonds. The highest BCUT2D eigenvalue weighted by Gasteiger charge is 2.31. The largest absolute Gasteiger partial charge is 0.383 e. The molecule has 1 aliphatic rings. The number of hydrogen-bond donors (Lipinski definition) is 1. The van der Waals surface area contributed by atoms with Crippen LogP contribution in [0.25, 0.3) is 0 Å². The Hall–Kier alpha value is -2.18. The molecular weight excluding hydrogens is 224 g/mol. The standard InChI is InChI=1S/C10H12N4O3/c1-13(6-2-3-6)10(15)8-4-7(14(16)17)5-12-9(8)11/h4-6H,2-3H2,1H3,(H2,11,12). The van der Waals surface area contributed by atoms with Crippen LogP contribution in [0.1, 0.15) is 23.2 Å². The van der Waals surface area contributed by atoms with Crippen LogP contribution in [0.4, 0.5) is 11.5 Å². The molecule has 1 aliphatic carbocycles. The predicted molar refractivity (Wildman–Crippen MR) is 60.4 cm³/mol. The zero-order valence-corrected chi connectivity index (χ0v) is 9.29. The van der Waals surface area contributed by atoms with Gasteiger partial charge in [-0.2, -0.15) is 0 Å². The number of anilines is 1. The summed E-state index contributed by atoms with van der Waals surface area (Å²) in [5, 5.41) is 10.6. The van der Waals surface area contributed by atoms with Crippen LogP contribution in [0.2, 0.25) is 0 Å². The fourth-order valence-electron chi connectivity index (χ4n) is 1.55. The van der Waals surface area contributed by atoms with E-state index < -0.39 is 4.92 Å². The molecule has 0 aliphatic heterocycles. The molecule has 1 fully saturated rings. The van der Waals surface area contributed by atoms with E-state index in [0.717, 1.165) is 19.0 Å². The lowest BCUT2D eigenvalue weighted by atomic mass is 10.2. The number of aromatic nitrogens is 1. The van der Waals surface area contributed by atoms with Crippen LogP contribution >= 0.6 is 0 Å². The number of amides is 1. The molecule has 0 bridgehead atoms. The Balaban J connectivity index is 2.32. The van der Waals surface area contributed by atoms with Crippen LogP contribution in [0.3, 0.4) is 0 Å². The molecule has 0 atom stereocenters. The van der Waals surface area contributed by atoms with Gasteiger partial charge in [-0.05, 0) is 12.8 Å². The third-order valence-corrected chi connectivity index (χ3v) is 2.76. The average molecular weight is 236 g/mol. The van der Waals surface area contributed by atoms with Crippen molar-refractivity contribution in [3.63, 3.8) is 0 Å². The van der Waals surface area contributed by atoms with Gasteiger partial charge in [0.05, 0.1) is 10.5 Å². The summed E-state index contributed by atoms with van der Waals surface area (Å²) in [6.07, 6.45) is 2.97. The van der Waals surface area contributed by atoms with Gasteiger partial charge in [0.1, 0.15) is 12.0 Å². The molecule has 7 heteroatoms. The van der Waals surface area contributed by atoms with Crippen molar-refractivity contribution in [2.24, 2.45) is 0 Å². The van der Waals surface area contributed by atoms with Gasteiger partial charge in [-0.1, -0.05) is 0 Å². The van der Waals surface area contributed by atoms with E-state index in [4.69, 9.17) is 5.73 Å². The van der Waals surface area contributed by atoms with Gasteiger partial charge in [0.2, 0.25) is 0 Å². The Morgan fingerprint density at radius 1 is 1.65 bits per heavy atom. The molecule has 0 aromatic carbocycles. The molecule has 1 aromatic rings. The van der Waals surface area contributed by atoms with Gasteiger partial charge in [0.25, 0.3) is 11.6 Å². The summed E-state index contributed by atoms with van der Waals surface area (Å²) < 4.78 is 0. The Labute approximate surface area is 97.4 Å². The lowest BCUT2D eigenvalue weighted by Crippen LogP contribution is -2.29. The Kier molecular flexibility index (Phi) is 2.66. The summed E-state index contributed by atoms with van der Waals surface area (Å²) in [5.74, 6) is -0.297. The second kappa shape index (κ2) is 4.00. The third-order valence-electron chi connectivity index (χ3n) is 2.76. The summed E-state index contributed by atoms with van der Waals surface area (Å²) in [4.78, 5) is 27.2. The number of nitro groups is 1. The number of rotatable bonds is 3. The van der Waals surface area contributed by atoms with Crippen LogP contribution in [0.15, 0.2) is 12.3 Å². The normalized spacial score (nSPS) is 14.4. The maximum Gasteiger partial charge on any atom is 0.288 e. The number of carbonyl (C=O) groups excluding carboxylic acids is 1. The first-order valence-corrected chi connectivity index (χ1v) is 5.17. The number of carbonyl (C=O) groups is 1. The Morgan fingerprint density at radius 2 is 2.29 bits per heavy atom. The molecule has 0 unspecified atom stereocenters. The van der Waals surface area contributed by atoms with Gasteiger partial charge in [0.15, 0.2) is 0 Å². The van der Waals surface area contributed by atoms with E-state index in [1.54, 1.807) is 11.9 Å². The van der Waals surface area contributed by atoms with Crippen LogP contribution in [0, 0.1) is 10.1 Å². The highest BCUT2D eigenvalue weighted by atomic mass is 16.6. The van der Waals surface area contributed by atoms with Crippen LogP contribution in [-0.4, -0.2) is 33.8 Å². The average Bonchev–Trinajstić information content (AvgIpc) is 3.11. The molecule has 1 heterocycles. The van der Waals surface area contributed by atoms with Gasteiger partial charge < -0.3 is 10.6 Å². The summed E-state index contributed by atoms with van der Waals surface area (Å²) in [7, 11) is 1.66. The van der Waals surface area contributed by atoms with Crippen molar-refractivity contribution in [2.45, 2.75) is 18.9 Å². The van der Waals surface area contributed by atoms with Gasteiger partial charge in [0, 0.05) is 19.2 Å². The summed E-state index contributed by atoms with van der Waals surface area (Å²) in [6.45, 7) is 0. The lowest BCUT2D eigenvalue weighted by Gasteiger charge is -2.16. The maximum atomic E-state index is 12.0. The molecule has 2 N–H and O–H groups in total. The minimum absolute atomic E-state index is 0.0214. The van der Waals surface area contributed by atoms with Crippen LogP contribution in [0.5, 0.6) is 0 Å². The first-order chi connectivity index (χ1) is 8.00. The summed E-state index contributed by atoms with van der Waals surface area (Å²) in [5.41, 5.74) is 5.43. The van der Waals surface area contributed by atoms with E-state index in [0.29, 0.717) is 0 Å². The second-order valence-corrected chi connectivity index (χ2v) is 4.03. The molecule has 1 saturated carbocycles. The number of nitrogens with zero attached hydrogens (tertiary/aromatic N) is 3. The van der Waals surface area contributed by atoms with E-state index >= 15 is 0 Å². The fraction of sp³-hybridized carbons (Fsp3) is 0.400. The van der Waals surface area contributed by atoms with Crippen molar-refractivity contribution < 1.29 is 9.72 Å². The van der Waals surface area contributed by atoms with Crippen molar-refractivity contribution >= 4 is 17.4 Å². The quantitative estimate of drug-likeness (QED) is 0.617. The van der Waals surface area contributed by atoms with Crippen molar-refractivity contribution in [3.05, 3.63) is 27.9 Å². The zero-order valence-electron chi connectivity index (χ0n) is 9.29. The van der Waals surface area contributed by atoms with Gasteiger partial charge in [-0.25, -0.2) is 4.98 Å². The number of pyridine rings is 1. The smallest absolute Gasteiger partial charge is 0.288 e. The first kappa shape index (κ1) is 11.3. The third kappa shape index (κ3) is 2.17. The molecule has 17 heavy (non-hydrogen) atoms. The van der Waals surface area contributed by atoms with Crippen molar-refractivity contribution in [1.82, 2.24) is 9.88 Å². The summed E-state index contributed by atoms with van der Waals surface area (Å²) in [6, 6.07) is 1.39.